The summed E-state index contributed by atoms with van der Waals surface area (Å²) in [6.45, 7) is 3.47. The maximum Gasteiger partial charge on any atom is 0.152 e. The van der Waals surface area contributed by atoms with Gasteiger partial charge >= 0.3 is 0 Å². The van der Waals surface area contributed by atoms with E-state index >= 15 is 0 Å². The monoisotopic (exact) mass is 323 g/mol. The van der Waals surface area contributed by atoms with Crippen LogP contribution in [0, 0.1) is 0 Å². The molecule has 110 valence electrons. The fourth-order valence-electron chi connectivity index (χ4n) is 2.44. The number of fused-ring (bicyclic) bond motifs is 1. The number of alkyl halides is 1. The third kappa shape index (κ3) is 2.63. The largest absolute Gasteiger partial charge is 0.319 e. The Bertz CT molecular complexity index is 762. The van der Waals surface area contributed by atoms with Crippen LogP contribution in [0.5, 0.6) is 0 Å². The SMILES string of the molecule is CCn1cnnc1Cn1c(CCCl)nc2cccc(Cl)c21. The van der Waals surface area contributed by atoms with Crippen molar-refractivity contribution in [2.45, 2.75) is 26.4 Å². The Labute approximate surface area is 132 Å². The van der Waals surface area contributed by atoms with E-state index in [2.05, 4.69) is 26.7 Å². The van der Waals surface area contributed by atoms with E-state index in [1.165, 1.54) is 0 Å². The van der Waals surface area contributed by atoms with E-state index in [1.54, 1.807) is 6.33 Å². The summed E-state index contributed by atoms with van der Waals surface area (Å²) in [5.41, 5.74) is 1.80. The molecule has 3 aromatic rings. The van der Waals surface area contributed by atoms with Crippen molar-refractivity contribution in [1.29, 1.82) is 0 Å². The lowest BCUT2D eigenvalue weighted by atomic mass is 10.3. The number of hydrogen-bond donors (Lipinski definition) is 0. The summed E-state index contributed by atoms with van der Waals surface area (Å²) in [7, 11) is 0. The first-order valence-electron chi connectivity index (χ1n) is 6.80. The molecule has 1 aromatic carbocycles. The minimum absolute atomic E-state index is 0.515. The lowest BCUT2D eigenvalue weighted by Gasteiger charge is -2.09. The quantitative estimate of drug-likeness (QED) is 0.678. The second kappa shape index (κ2) is 6.03. The van der Waals surface area contributed by atoms with Crippen LogP contribution in [-0.2, 0) is 19.5 Å². The van der Waals surface area contributed by atoms with Gasteiger partial charge in [-0.15, -0.1) is 21.8 Å². The van der Waals surface area contributed by atoms with E-state index in [-0.39, 0.29) is 0 Å². The summed E-state index contributed by atoms with van der Waals surface area (Å²) in [5.74, 6) is 2.31. The summed E-state index contributed by atoms with van der Waals surface area (Å²) in [6.07, 6.45) is 2.42. The van der Waals surface area contributed by atoms with Crippen LogP contribution in [-0.4, -0.2) is 30.2 Å². The van der Waals surface area contributed by atoms with Crippen LogP contribution < -0.4 is 0 Å². The van der Waals surface area contributed by atoms with Gasteiger partial charge in [0.15, 0.2) is 5.82 Å². The molecule has 3 rings (SSSR count). The molecule has 0 saturated carbocycles. The van der Waals surface area contributed by atoms with E-state index in [1.807, 2.05) is 22.8 Å². The van der Waals surface area contributed by atoms with E-state index in [0.717, 1.165) is 29.2 Å². The zero-order valence-corrected chi connectivity index (χ0v) is 13.1. The third-order valence-electron chi connectivity index (χ3n) is 3.45. The normalized spacial score (nSPS) is 11.4. The number of imidazole rings is 1. The number of para-hydroxylation sites is 1. The Balaban J connectivity index is 2.13. The van der Waals surface area contributed by atoms with Gasteiger partial charge in [-0.3, -0.25) is 0 Å². The zero-order chi connectivity index (χ0) is 14.8. The van der Waals surface area contributed by atoms with Gasteiger partial charge in [-0.25, -0.2) is 4.98 Å². The maximum atomic E-state index is 6.35. The van der Waals surface area contributed by atoms with Crippen molar-refractivity contribution >= 4 is 34.2 Å². The molecule has 2 heterocycles. The van der Waals surface area contributed by atoms with Gasteiger partial charge in [0, 0.05) is 18.8 Å². The molecule has 2 aromatic heterocycles. The van der Waals surface area contributed by atoms with Crippen LogP contribution in [0.25, 0.3) is 11.0 Å². The van der Waals surface area contributed by atoms with Gasteiger partial charge in [-0.2, -0.15) is 0 Å². The average molecular weight is 324 g/mol. The smallest absolute Gasteiger partial charge is 0.152 e. The number of hydrogen-bond acceptors (Lipinski definition) is 3. The molecule has 21 heavy (non-hydrogen) atoms. The highest BCUT2D eigenvalue weighted by Gasteiger charge is 2.15. The summed E-state index contributed by atoms with van der Waals surface area (Å²) in [5, 5.41) is 8.84. The van der Waals surface area contributed by atoms with Crippen LogP contribution in [0.15, 0.2) is 24.5 Å². The molecule has 5 nitrogen and oxygen atoms in total. The Hall–Kier alpha value is -1.59. The molecule has 0 radical (unpaired) electrons. The molecule has 0 atom stereocenters. The second-order valence-electron chi connectivity index (χ2n) is 4.69. The first-order valence-corrected chi connectivity index (χ1v) is 7.72. The maximum absolute atomic E-state index is 6.35. The molecule has 0 N–H and O–H groups in total. The van der Waals surface area contributed by atoms with Gasteiger partial charge in [0.2, 0.25) is 0 Å². The van der Waals surface area contributed by atoms with Crippen molar-refractivity contribution in [3.63, 3.8) is 0 Å². The van der Waals surface area contributed by atoms with Crippen LogP contribution >= 0.6 is 23.2 Å². The predicted octanol–water partition coefficient (Wildman–Crippen LogP) is 3.13. The van der Waals surface area contributed by atoms with Gasteiger partial charge in [0.1, 0.15) is 12.2 Å². The Kier molecular flexibility index (Phi) is 4.12. The minimum Gasteiger partial charge on any atom is -0.319 e. The minimum atomic E-state index is 0.515. The number of nitrogens with zero attached hydrogens (tertiary/aromatic N) is 5. The highest BCUT2D eigenvalue weighted by molar-refractivity contribution is 6.35. The topological polar surface area (TPSA) is 48.5 Å². The van der Waals surface area contributed by atoms with Crippen molar-refractivity contribution in [2.75, 3.05) is 5.88 Å². The van der Waals surface area contributed by atoms with Gasteiger partial charge in [0.05, 0.1) is 22.6 Å². The van der Waals surface area contributed by atoms with Crippen LogP contribution in [0.4, 0.5) is 0 Å². The van der Waals surface area contributed by atoms with Crippen molar-refractivity contribution in [3.05, 3.63) is 41.2 Å². The Morgan fingerprint density at radius 2 is 2.10 bits per heavy atom. The van der Waals surface area contributed by atoms with Crippen molar-refractivity contribution < 1.29 is 0 Å². The fraction of sp³-hybridized carbons (Fsp3) is 0.357. The van der Waals surface area contributed by atoms with Gasteiger partial charge in [0.25, 0.3) is 0 Å². The number of benzene rings is 1. The number of aryl methyl sites for hydroxylation is 2. The molecular formula is C14H15Cl2N5. The summed E-state index contributed by atoms with van der Waals surface area (Å²) >= 11 is 12.2. The molecule has 0 saturated heterocycles. The van der Waals surface area contributed by atoms with E-state index in [0.29, 0.717) is 23.9 Å². The lowest BCUT2D eigenvalue weighted by molar-refractivity contribution is 0.643. The molecule has 0 amide bonds. The second-order valence-corrected chi connectivity index (χ2v) is 5.48. The van der Waals surface area contributed by atoms with Gasteiger partial charge in [-0.05, 0) is 19.1 Å². The Morgan fingerprint density at radius 1 is 1.24 bits per heavy atom. The summed E-state index contributed by atoms with van der Waals surface area (Å²) in [4.78, 5) is 4.64. The Morgan fingerprint density at radius 3 is 2.86 bits per heavy atom. The van der Waals surface area contributed by atoms with Crippen molar-refractivity contribution in [1.82, 2.24) is 24.3 Å². The molecular weight excluding hydrogens is 309 g/mol. The fourth-order valence-corrected chi connectivity index (χ4v) is 2.88. The van der Waals surface area contributed by atoms with E-state index in [9.17, 15) is 0 Å². The first kappa shape index (κ1) is 14.4. The number of halogens is 2. The highest BCUT2D eigenvalue weighted by Crippen LogP contribution is 2.25. The molecule has 0 spiro atoms. The zero-order valence-electron chi connectivity index (χ0n) is 11.6. The molecule has 0 unspecified atom stereocenters. The van der Waals surface area contributed by atoms with E-state index < -0.39 is 0 Å². The van der Waals surface area contributed by atoms with Crippen molar-refractivity contribution in [2.24, 2.45) is 0 Å². The number of aromatic nitrogens is 5. The summed E-state index contributed by atoms with van der Waals surface area (Å²) in [6, 6.07) is 5.73. The highest BCUT2D eigenvalue weighted by atomic mass is 35.5. The molecule has 7 heteroatoms. The van der Waals surface area contributed by atoms with Crippen LogP contribution in [0.1, 0.15) is 18.6 Å². The van der Waals surface area contributed by atoms with Crippen LogP contribution in [0.2, 0.25) is 5.02 Å². The standard InChI is InChI=1S/C14H15Cl2N5/c1-2-20-9-17-19-13(20)8-21-12(6-7-15)18-11-5-3-4-10(16)14(11)21/h3-5,9H,2,6-8H2,1H3. The molecule has 0 aliphatic heterocycles. The number of rotatable bonds is 5. The first-order chi connectivity index (χ1) is 10.2. The molecule has 0 aliphatic rings. The van der Waals surface area contributed by atoms with Gasteiger partial charge in [-0.1, -0.05) is 17.7 Å². The average Bonchev–Trinajstić information content (AvgIpc) is 3.06. The van der Waals surface area contributed by atoms with E-state index in [4.69, 9.17) is 23.2 Å². The predicted molar refractivity (Wildman–Crippen MR) is 84.0 cm³/mol. The molecule has 0 bridgehead atoms. The third-order valence-corrected chi connectivity index (χ3v) is 3.94. The lowest BCUT2D eigenvalue weighted by Crippen LogP contribution is -2.11. The van der Waals surface area contributed by atoms with Gasteiger partial charge < -0.3 is 9.13 Å². The van der Waals surface area contributed by atoms with Crippen molar-refractivity contribution in [3.8, 4) is 0 Å². The molecule has 0 aliphatic carbocycles. The molecule has 0 fully saturated rings. The van der Waals surface area contributed by atoms with Crippen LogP contribution in [0.3, 0.4) is 0 Å². The summed E-state index contributed by atoms with van der Waals surface area (Å²) < 4.78 is 4.09.